The number of ether oxygens (including phenoxy) is 2. The summed E-state index contributed by atoms with van der Waals surface area (Å²) in [6.45, 7) is 6.76. The number of unbranched alkanes of at least 4 members (excludes halogenated alkanes) is 2. The molecule has 11 heteroatoms. The minimum atomic E-state index is -1.03. The van der Waals surface area contributed by atoms with Gasteiger partial charge in [0.15, 0.2) is 0 Å². The molecule has 3 aliphatic rings. The van der Waals surface area contributed by atoms with Gasteiger partial charge in [0.2, 0.25) is 5.79 Å². The lowest BCUT2D eigenvalue weighted by molar-refractivity contribution is -0.384. The molecule has 1 fully saturated rings. The molecule has 2 aromatic carbocycles. The number of rotatable bonds is 17. The number of thioether (sulfide) groups is 1. The van der Waals surface area contributed by atoms with E-state index in [1.54, 1.807) is 36.0 Å². The minimum absolute atomic E-state index is 0.0189. The number of phenolic OH excluding ortho intramolecular Hbond substituents is 1. The van der Waals surface area contributed by atoms with Crippen LogP contribution in [0.15, 0.2) is 71.9 Å². The van der Waals surface area contributed by atoms with Crippen molar-refractivity contribution in [2.24, 2.45) is 22.9 Å². The third kappa shape index (κ3) is 7.53. The van der Waals surface area contributed by atoms with Crippen molar-refractivity contribution in [1.29, 1.82) is 0 Å². The molecule has 47 heavy (non-hydrogen) atoms. The first-order valence-corrected chi connectivity index (χ1v) is 17.7. The van der Waals surface area contributed by atoms with Gasteiger partial charge >= 0.3 is 0 Å². The van der Waals surface area contributed by atoms with E-state index in [-0.39, 0.29) is 60.2 Å². The summed E-state index contributed by atoms with van der Waals surface area (Å²) < 4.78 is 13.8. The highest BCUT2D eigenvalue weighted by Crippen LogP contribution is 2.62. The van der Waals surface area contributed by atoms with E-state index in [1.807, 2.05) is 12.1 Å². The lowest BCUT2D eigenvalue weighted by atomic mass is 9.56. The molecule has 6 unspecified atom stereocenters. The Bertz CT molecular complexity index is 1450. The molecule has 0 amide bonds. The van der Waals surface area contributed by atoms with Crippen LogP contribution in [-0.2, 0) is 16.2 Å². The molecule has 0 radical (unpaired) electrons. The SMILES string of the molecule is C=CCOC12Oc3ccc(O)cc3C3C(CCCCO)C(CCCCO)C=C(C(=NOCc4ccc([N+](=O)[O-])cc4)CC1SCC)C32. The van der Waals surface area contributed by atoms with E-state index in [0.717, 1.165) is 53.8 Å². The van der Waals surface area contributed by atoms with Crippen LogP contribution in [0.1, 0.15) is 68.9 Å². The highest BCUT2D eigenvalue weighted by molar-refractivity contribution is 8.00. The lowest BCUT2D eigenvalue weighted by Crippen LogP contribution is -2.64. The van der Waals surface area contributed by atoms with Crippen LogP contribution in [0.4, 0.5) is 5.69 Å². The van der Waals surface area contributed by atoms with Crippen molar-refractivity contribution in [1.82, 2.24) is 0 Å². The molecule has 1 aliphatic heterocycles. The van der Waals surface area contributed by atoms with Gasteiger partial charge in [0, 0.05) is 43.2 Å². The summed E-state index contributed by atoms with van der Waals surface area (Å²) in [6.07, 6.45) is 9.47. The summed E-state index contributed by atoms with van der Waals surface area (Å²) in [7, 11) is 0. The van der Waals surface area contributed by atoms with Crippen molar-refractivity contribution >= 4 is 23.2 Å². The standard InChI is InChI=1S/C36H46N2O8S/c1-3-19-44-36-33(47-4-2)22-31(37-45-23-24-11-13-26(14-12-24)38(42)43)29-20-25(9-5-7-17-39)28(10-6-8-18-40)34(35(29)36)30-21-27(41)15-16-32(30)46-36/h3,11-16,20-21,25,28,33-35,39-41H,1,4-10,17-19,22-23H2,2H3. The highest BCUT2D eigenvalue weighted by Gasteiger charge is 2.63. The maximum absolute atomic E-state index is 11.1. The number of allylic oxidation sites excluding steroid dienone is 1. The van der Waals surface area contributed by atoms with Crippen molar-refractivity contribution in [2.45, 2.75) is 75.4 Å². The molecule has 0 saturated heterocycles. The summed E-state index contributed by atoms with van der Waals surface area (Å²) in [5.74, 6) is 0.648. The van der Waals surface area contributed by atoms with E-state index in [4.69, 9.17) is 19.5 Å². The molecule has 2 aliphatic carbocycles. The summed E-state index contributed by atoms with van der Waals surface area (Å²) >= 11 is 1.76. The van der Waals surface area contributed by atoms with Crippen LogP contribution in [0.3, 0.4) is 0 Å². The molecular weight excluding hydrogens is 620 g/mol. The van der Waals surface area contributed by atoms with Crippen molar-refractivity contribution in [3.63, 3.8) is 0 Å². The van der Waals surface area contributed by atoms with Crippen molar-refractivity contribution < 1.29 is 34.6 Å². The normalized spacial score (nSPS) is 26.9. The summed E-state index contributed by atoms with van der Waals surface area (Å²) in [5.41, 5.74) is 3.56. The molecular formula is C36H46N2O8S. The minimum Gasteiger partial charge on any atom is -0.508 e. The number of aliphatic hydroxyl groups is 2. The van der Waals surface area contributed by atoms with Crippen LogP contribution in [0, 0.1) is 27.9 Å². The number of hydrogen-bond donors (Lipinski definition) is 3. The number of aliphatic hydroxyl groups excluding tert-OH is 2. The van der Waals surface area contributed by atoms with E-state index in [9.17, 15) is 25.4 Å². The Labute approximate surface area is 280 Å². The maximum Gasteiger partial charge on any atom is 0.269 e. The maximum atomic E-state index is 11.1. The predicted octanol–water partition coefficient (Wildman–Crippen LogP) is 6.89. The van der Waals surface area contributed by atoms with Gasteiger partial charge in [-0.05, 0) is 84.7 Å². The van der Waals surface area contributed by atoms with Gasteiger partial charge in [-0.2, -0.15) is 11.8 Å². The first-order chi connectivity index (χ1) is 22.9. The Morgan fingerprint density at radius 3 is 2.55 bits per heavy atom. The smallest absolute Gasteiger partial charge is 0.269 e. The van der Waals surface area contributed by atoms with Crippen LogP contribution in [0.2, 0.25) is 0 Å². The van der Waals surface area contributed by atoms with Crippen molar-refractivity contribution in [2.75, 3.05) is 25.6 Å². The van der Waals surface area contributed by atoms with Gasteiger partial charge in [0.25, 0.3) is 5.69 Å². The predicted molar refractivity (Wildman–Crippen MR) is 183 cm³/mol. The zero-order valence-electron chi connectivity index (χ0n) is 27.0. The number of benzene rings is 2. The van der Waals surface area contributed by atoms with Crippen LogP contribution in [-0.4, -0.2) is 62.6 Å². The number of aromatic hydroxyl groups is 1. The Morgan fingerprint density at radius 2 is 1.87 bits per heavy atom. The molecule has 254 valence electrons. The molecule has 1 saturated carbocycles. The number of nitrogens with zero attached hydrogens (tertiary/aromatic N) is 2. The van der Waals surface area contributed by atoms with Crippen LogP contribution in [0.25, 0.3) is 0 Å². The molecule has 3 N–H and O–H groups in total. The average Bonchev–Trinajstić information content (AvgIpc) is 3.07. The monoisotopic (exact) mass is 666 g/mol. The Morgan fingerprint density at radius 1 is 1.13 bits per heavy atom. The van der Waals surface area contributed by atoms with Crippen molar-refractivity contribution in [3.05, 3.63) is 88.0 Å². The Hall–Kier alpha value is -3.38. The van der Waals surface area contributed by atoms with E-state index in [1.165, 1.54) is 12.1 Å². The quantitative estimate of drug-likeness (QED) is 0.0712. The third-order valence-corrected chi connectivity index (χ3v) is 10.8. The molecule has 10 nitrogen and oxygen atoms in total. The van der Waals surface area contributed by atoms with E-state index in [0.29, 0.717) is 31.6 Å². The van der Waals surface area contributed by atoms with Gasteiger partial charge < -0.3 is 29.6 Å². The molecule has 5 rings (SSSR count). The molecule has 0 aromatic heterocycles. The number of fused-ring (bicyclic) bond motifs is 2. The molecule has 1 heterocycles. The lowest BCUT2D eigenvalue weighted by Gasteiger charge is -2.58. The largest absolute Gasteiger partial charge is 0.508 e. The Kier molecular flexibility index (Phi) is 12.0. The Balaban J connectivity index is 1.63. The van der Waals surface area contributed by atoms with Gasteiger partial charge in [-0.15, -0.1) is 6.58 Å². The zero-order valence-corrected chi connectivity index (χ0v) is 27.8. The van der Waals surface area contributed by atoms with Gasteiger partial charge in [0.1, 0.15) is 18.1 Å². The second-order valence-corrected chi connectivity index (χ2v) is 13.9. The first-order valence-electron chi connectivity index (χ1n) is 16.6. The van der Waals surface area contributed by atoms with Gasteiger partial charge in [0.05, 0.1) is 28.4 Å². The number of oxime groups is 1. The fourth-order valence-corrected chi connectivity index (χ4v) is 8.76. The van der Waals surface area contributed by atoms with Crippen molar-refractivity contribution in [3.8, 4) is 11.5 Å². The van der Waals surface area contributed by atoms with Gasteiger partial charge in [-0.25, -0.2) is 0 Å². The first kappa shape index (κ1) is 34.9. The number of non-ortho nitro benzene ring substituents is 1. The fourth-order valence-electron chi connectivity index (χ4n) is 7.59. The highest BCUT2D eigenvalue weighted by atomic mass is 32.2. The molecule has 2 aromatic rings. The summed E-state index contributed by atoms with van der Waals surface area (Å²) in [6, 6.07) is 11.6. The number of hydrogen-bond acceptors (Lipinski definition) is 10. The number of nitro benzene ring substituents is 1. The second-order valence-electron chi connectivity index (χ2n) is 12.4. The number of nitro groups is 1. The second kappa shape index (κ2) is 16.1. The molecule has 6 atom stereocenters. The molecule has 0 spiro atoms. The van der Waals surface area contributed by atoms with E-state index >= 15 is 0 Å². The summed E-state index contributed by atoms with van der Waals surface area (Å²) in [4.78, 5) is 16.6. The topological polar surface area (TPSA) is 144 Å². The van der Waals surface area contributed by atoms with Gasteiger partial charge in [-0.1, -0.05) is 37.1 Å². The summed E-state index contributed by atoms with van der Waals surface area (Å²) in [5, 5.41) is 45.7. The van der Waals surface area contributed by atoms with E-state index < -0.39 is 10.7 Å². The average molecular weight is 667 g/mol. The fraction of sp³-hybridized carbons (Fsp3) is 0.528. The third-order valence-electron chi connectivity index (χ3n) is 9.55. The molecule has 0 bridgehead atoms. The van der Waals surface area contributed by atoms with Crippen LogP contribution >= 0.6 is 11.8 Å². The zero-order chi connectivity index (χ0) is 33.4. The number of phenols is 1. The van der Waals surface area contributed by atoms with Crippen LogP contribution < -0.4 is 4.74 Å². The van der Waals surface area contributed by atoms with Gasteiger partial charge in [-0.3, -0.25) is 10.1 Å². The van der Waals surface area contributed by atoms with Crippen LogP contribution in [0.5, 0.6) is 11.5 Å². The van der Waals surface area contributed by atoms with E-state index in [2.05, 4.69) is 19.6 Å².